The zero-order valence-corrected chi connectivity index (χ0v) is 18.7. The quantitative estimate of drug-likeness (QED) is 0.384. The van der Waals surface area contributed by atoms with Crippen LogP contribution >= 0.6 is 23.4 Å². The number of carbonyl (C=O) groups is 1. The summed E-state index contributed by atoms with van der Waals surface area (Å²) in [6.07, 6.45) is -0.0279. The Morgan fingerprint density at radius 1 is 1.20 bits per heavy atom. The van der Waals surface area contributed by atoms with Gasteiger partial charge in [-0.2, -0.15) is 0 Å². The van der Waals surface area contributed by atoms with Gasteiger partial charge in [0.25, 0.3) is 5.56 Å². The highest BCUT2D eigenvalue weighted by Crippen LogP contribution is 2.24. The van der Waals surface area contributed by atoms with Gasteiger partial charge in [-0.1, -0.05) is 67.5 Å². The van der Waals surface area contributed by atoms with Crippen LogP contribution in [0.3, 0.4) is 0 Å². The van der Waals surface area contributed by atoms with Crippen molar-refractivity contribution in [1.29, 1.82) is 0 Å². The molecule has 7 heteroatoms. The first-order valence-electron chi connectivity index (χ1n) is 9.69. The van der Waals surface area contributed by atoms with Crippen LogP contribution in [0.2, 0.25) is 5.02 Å². The average molecular weight is 442 g/mol. The smallest absolute Gasteiger partial charge is 0.255 e. The van der Waals surface area contributed by atoms with Crippen LogP contribution in [0.4, 0.5) is 5.69 Å². The van der Waals surface area contributed by atoms with E-state index < -0.39 is 0 Å². The second kappa shape index (κ2) is 9.96. The van der Waals surface area contributed by atoms with Gasteiger partial charge in [0.2, 0.25) is 5.91 Å². The number of nitrogens with one attached hydrogen (secondary N) is 2. The lowest BCUT2D eigenvalue weighted by Gasteiger charge is -2.14. The summed E-state index contributed by atoms with van der Waals surface area (Å²) in [5.74, 6) is 0.677. The molecule has 156 valence electrons. The molecule has 2 aromatic carbocycles. The van der Waals surface area contributed by atoms with Crippen LogP contribution in [0, 0.1) is 6.92 Å². The summed E-state index contributed by atoms with van der Waals surface area (Å²) in [6, 6.07) is 15.3. The maximum absolute atomic E-state index is 12.6. The molecular formula is C23H24ClN3O2S. The topological polar surface area (TPSA) is 74.8 Å². The predicted octanol–water partition coefficient (Wildman–Crippen LogP) is 5.33. The van der Waals surface area contributed by atoms with Gasteiger partial charge in [-0.3, -0.25) is 9.59 Å². The van der Waals surface area contributed by atoms with Crippen LogP contribution in [0.25, 0.3) is 0 Å². The van der Waals surface area contributed by atoms with Crippen molar-refractivity contribution in [3.63, 3.8) is 0 Å². The molecule has 3 aromatic rings. The Kier molecular flexibility index (Phi) is 7.34. The summed E-state index contributed by atoms with van der Waals surface area (Å²) >= 11 is 7.43. The van der Waals surface area contributed by atoms with Crippen molar-refractivity contribution in [3.05, 3.63) is 86.3 Å². The van der Waals surface area contributed by atoms with E-state index in [1.54, 1.807) is 6.92 Å². The fraction of sp³-hybridized carbons (Fsp3) is 0.261. The minimum atomic E-state index is -0.289. The third kappa shape index (κ3) is 5.74. The number of halogens is 1. The number of para-hydroxylation sites is 1. The molecule has 3 rings (SSSR count). The number of hydrogen-bond acceptors (Lipinski definition) is 4. The highest BCUT2D eigenvalue weighted by molar-refractivity contribution is 7.98. The highest BCUT2D eigenvalue weighted by Gasteiger charge is 2.15. The number of amides is 1. The Hall–Kier alpha value is -2.57. The number of nitrogens with zero attached hydrogens (tertiary/aromatic N) is 1. The average Bonchev–Trinajstić information content (AvgIpc) is 2.69. The molecule has 2 N–H and O–H groups in total. The van der Waals surface area contributed by atoms with E-state index in [1.165, 1.54) is 11.8 Å². The molecule has 0 aliphatic rings. The Balaban J connectivity index is 1.70. The normalized spacial score (nSPS) is 11.0. The van der Waals surface area contributed by atoms with Gasteiger partial charge in [0.1, 0.15) is 0 Å². The van der Waals surface area contributed by atoms with E-state index in [0.717, 1.165) is 16.8 Å². The molecule has 0 saturated carbocycles. The first-order valence-corrected chi connectivity index (χ1v) is 11.1. The van der Waals surface area contributed by atoms with Crippen LogP contribution in [-0.2, 0) is 17.0 Å². The number of hydrogen-bond donors (Lipinski definition) is 2. The first kappa shape index (κ1) is 22.1. The van der Waals surface area contributed by atoms with E-state index in [2.05, 4.69) is 29.1 Å². The van der Waals surface area contributed by atoms with E-state index >= 15 is 0 Å². The molecule has 5 nitrogen and oxygen atoms in total. The largest absolute Gasteiger partial charge is 0.326 e. The summed E-state index contributed by atoms with van der Waals surface area (Å²) in [5, 5.41) is 4.12. The monoisotopic (exact) mass is 441 g/mol. The molecule has 1 heterocycles. The van der Waals surface area contributed by atoms with E-state index in [1.807, 2.05) is 48.5 Å². The van der Waals surface area contributed by atoms with E-state index in [9.17, 15) is 9.59 Å². The number of benzene rings is 2. The van der Waals surface area contributed by atoms with Gasteiger partial charge in [-0.05, 0) is 42.2 Å². The Morgan fingerprint density at radius 3 is 2.67 bits per heavy atom. The SMILES string of the molecule is Cc1nc(SCc2cccc(Cl)c2)[nH]c(=O)c1CC(=O)Nc1ccccc1C(C)C. The zero-order chi connectivity index (χ0) is 21.7. The molecule has 1 amide bonds. The van der Waals surface area contributed by atoms with Crippen molar-refractivity contribution in [2.75, 3.05) is 5.32 Å². The molecule has 0 radical (unpaired) electrons. The molecule has 0 atom stereocenters. The fourth-order valence-corrected chi connectivity index (χ4v) is 4.17. The third-order valence-corrected chi connectivity index (χ3v) is 5.84. The summed E-state index contributed by atoms with van der Waals surface area (Å²) in [5.41, 5.74) is 3.51. The number of thioether (sulfide) groups is 1. The molecule has 0 aliphatic heterocycles. The zero-order valence-electron chi connectivity index (χ0n) is 17.2. The number of aryl methyl sites for hydroxylation is 1. The summed E-state index contributed by atoms with van der Waals surface area (Å²) in [6.45, 7) is 5.90. The van der Waals surface area contributed by atoms with Gasteiger partial charge in [0, 0.05) is 27.7 Å². The van der Waals surface area contributed by atoms with Gasteiger partial charge < -0.3 is 10.3 Å². The van der Waals surface area contributed by atoms with Gasteiger partial charge >= 0.3 is 0 Å². The minimum absolute atomic E-state index is 0.0279. The number of rotatable bonds is 7. The minimum Gasteiger partial charge on any atom is -0.326 e. The number of anilines is 1. The molecule has 0 fully saturated rings. The molecule has 0 bridgehead atoms. The fourth-order valence-electron chi connectivity index (χ4n) is 3.11. The molecule has 0 spiro atoms. The van der Waals surface area contributed by atoms with Crippen molar-refractivity contribution in [3.8, 4) is 0 Å². The summed E-state index contributed by atoms with van der Waals surface area (Å²) in [4.78, 5) is 32.4. The Bertz CT molecular complexity index is 1110. The van der Waals surface area contributed by atoms with E-state index in [-0.39, 0.29) is 23.8 Å². The second-order valence-corrected chi connectivity index (χ2v) is 8.72. The first-order chi connectivity index (χ1) is 14.3. The third-order valence-electron chi connectivity index (χ3n) is 4.66. The van der Waals surface area contributed by atoms with Crippen LogP contribution in [0.15, 0.2) is 58.5 Å². The van der Waals surface area contributed by atoms with Gasteiger partial charge in [0.05, 0.1) is 6.42 Å². The maximum atomic E-state index is 12.6. The standard InChI is InChI=1S/C23H24ClN3O2S/c1-14(2)18-9-4-5-10-20(18)26-21(28)12-19-15(3)25-23(27-22(19)29)30-13-16-7-6-8-17(24)11-16/h4-11,14H,12-13H2,1-3H3,(H,26,28)(H,25,27,29). The van der Waals surface area contributed by atoms with Crippen molar-refractivity contribution in [1.82, 2.24) is 9.97 Å². The molecule has 0 saturated heterocycles. The van der Waals surface area contributed by atoms with Crippen molar-refractivity contribution in [2.45, 2.75) is 44.0 Å². The van der Waals surface area contributed by atoms with Crippen LogP contribution in [0.1, 0.15) is 42.1 Å². The molecule has 0 unspecified atom stereocenters. The highest BCUT2D eigenvalue weighted by atomic mass is 35.5. The number of H-pyrrole nitrogens is 1. The Morgan fingerprint density at radius 2 is 1.97 bits per heavy atom. The summed E-state index contributed by atoms with van der Waals surface area (Å²) in [7, 11) is 0. The van der Waals surface area contributed by atoms with E-state index in [0.29, 0.717) is 27.2 Å². The van der Waals surface area contributed by atoms with Crippen molar-refractivity contribution in [2.24, 2.45) is 0 Å². The van der Waals surface area contributed by atoms with Gasteiger partial charge in [0.15, 0.2) is 5.16 Å². The van der Waals surface area contributed by atoms with Crippen molar-refractivity contribution < 1.29 is 4.79 Å². The Labute approximate surface area is 185 Å². The van der Waals surface area contributed by atoms with Gasteiger partial charge in [-0.15, -0.1) is 0 Å². The van der Waals surface area contributed by atoms with E-state index in [4.69, 9.17) is 11.6 Å². The lowest BCUT2D eigenvalue weighted by atomic mass is 10.0. The van der Waals surface area contributed by atoms with Crippen molar-refractivity contribution >= 4 is 35.0 Å². The molecule has 1 aromatic heterocycles. The lowest BCUT2D eigenvalue weighted by Crippen LogP contribution is -2.24. The maximum Gasteiger partial charge on any atom is 0.255 e. The second-order valence-electron chi connectivity index (χ2n) is 7.32. The van der Waals surface area contributed by atoms with Crippen LogP contribution in [-0.4, -0.2) is 15.9 Å². The number of aromatic amines is 1. The summed E-state index contributed by atoms with van der Waals surface area (Å²) < 4.78 is 0. The predicted molar refractivity (Wildman–Crippen MR) is 123 cm³/mol. The number of aromatic nitrogens is 2. The number of carbonyl (C=O) groups excluding carboxylic acids is 1. The molecule has 0 aliphatic carbocycles. The van der Waals surface area contributed by atoms with Crippen LogP contribution < -0.4 is 10.9 Å². The molecular weight excluding hydrogens is 418 g/mol. The lowest BCUT2D eigenvalue weighted by molar-refractivity contribution is -0.115. The van der Waals surface area contributed by atoms with Crippen LogP contribution in [0.5, 0.6) is 0 Å². The molecule has 30 heavy (non-hydrogen) atoms. The van der Waals surface area contributed by atoms with Gasteiger partial charge in [-0.25, -0.2) is 4.98 Å².